The lowest BCUT2D eigenvalue weighted by Crippen LogP contribution is -1.91. The summed E-state index contributed by atoms with van der Waals surface area (Å²) in [5, 5.41) is 0. The van der Waals surface area contributed by atoms with E-state index >= 15 is 0 Å². The van der Waals surface area contributed by atoms with Gasteiger partial charge in [0.25, 0.3) is 0 Å². The first-order valence-electron chi connectivity index (χ1n) is 5.09. The normalized spacial score (nSPS) is 13.6. The number of rotatable bonds is 6. The van der Waals surface area contributed by atoms with Gasteiger partial charge in [-0.3, -0.25) is 4.99 Å². The van der Waals surface area contributed by atoms with Crippen LogP contribution in [0.15, 0.2) is 28.8 Å². The van der Waals surface area contributed by atoms with Gasteiger partial charge in [0.15, 0.2) is 0 Å². The Morgan fingerprint density at radius 3 is 2.64 bits per heavy atom. The predicted octanol–water partition coefficient (Wildman–Crippen LogP) is 3.00. The maximum Gasteiger partial charge on any atom is 0.0646 e. The van der Waals surface area contributed by atoms with Crippen LogP contribution in [0.3, 0.4) is 0 Å². The molecule has 0 atom stereocenters. The van der Waals surface area contributed by atoms with Gasteiger partial charge in [-0.2, -0.15) is 0 Å². The summed E-state index contributed by atoms with van der Waals surface area (Å²) >= 11 is 0. The van der Waals surface area contributed by atoms with Crippen LogP contribution < -0.4 is 0 Å². The van der Waals surface area contributed by atoms with E-state index in [0.717, 1.165) is 12.0 Å². The van der Waals surface area contributed by atoms with Gasteiger partial charge in [0, 0.05) is 19.4 Å². The van der Waals surface area contributed by atoms with Crippen LogP contribution in [0.1, 0.15) is 27.2 Å². The number of nitrogens with zero attached hydrogens (tertiary/aromatic N) is 1. The van der Waals surface area contributed by atoms with Gasteiger partial charge < -0.3 is 4.74 Å². The predicted molar refractivity (Wildman–Crippen MR) is 63.0 cm³/mol. The maximum absolute atomic E-state index is 4.94. The van der Waals surface area contributed by atoms with Crippen molar-refractivity contribution in [2.75, 3.05) is 13.7 Å². The summed E-state index contributed by atoms with van der Waals surface area (Å²) in [6.45, 7) is 6.90. The molecule has 0 N–H and O–H groups in total. The SMILES string of the molecule is CC/C=C(C=NC(C)C)\C=C/COC. The highest BCUT2D eigenvalue weighted by Gasteiger charge is 1.88. The number of methoxy groups -OCH3 is 1. The fourth-order valence-electron chi connectivity index (χ4n) is 0.915. The molecule has 0 amide bonds. The molecule has 0 bridgehead atoms. The zero-order chi connectivity index (χ0) is 10.8. The molecule has 14 heavy (non-hydrogen) atoms. The smallest absolute Gasteiger partial charge is 0.0646 e. The Balaban J connectivity index is 4.23. The van der Waals surface area contributed by atoms with Crippen molar-refractivity contribution in [3.05, 3.63) is 23.8 Å². The van der Waals surface area contributed by atoms with E-state index < -0.39 is 0 Å². The third-order valence-corrected chi connectivity index (χ3v) is 1.53. The van der Waals surface area contributed by atoms with Crippen molar-refractivity contribution in [3.8, 4) is 0 Å². The van der Waals surface area contributed by atoms with E-state index in [1.807, 2.05) is 18.4 Å². The molecule has 0 unspecified atom stereocenters. The first-order chi connectivity index (χ1) is 6.70. The van der Waals surface area contributed by atoms with Crippen LogP contribution in [-0.4, -0.2) is 26.0 Å². The first kappa shape index (κ1) is 13.1. The Morgan fingerprint density at radius 1 is 1.43 bits per heavy atom. The summed E-state index contributed by atoms with van der Waals surface area (Å²) < 4.78 is 4.94. The monoisotopic (exact) mass is 195 g/mol. The van der Waals surface area contributed by atoms with E-state index in [-0.39, 0.29) is 0 Å². The molecule has 0 aromatic heterocycles. The van der Waals surface area contributed by atoms with Gasteiger partial charge in [-0.15, -0.1) is 0 Å². The van der Waals surface area contributed by atoms with Crippen molar-refractivity contribution in [2.45, 2.75) is 33.2 Å². The molecule has 0 aromatic rings. The van der Waals surface area contributed by atoms with Gasteiger partial charge in [-0.25, -0.2) is 0 Å². The topological polar surface area (TPSA) is 21.6 Å². The van der Waals surface area contributed by atoms with Crippen LogP contribution >= 0.6 is 0 Å². The maximum atomic E-state index is 4.94. The molecule has 0 radical (unpaired) electrons. The first-order valence-corrected chi connectivity index (χ1v) is 5.09. The van der Waals surface area contributed by atoms with E-state index in [1.54, 1.807) is 7.11 Å². The van der Waals surface area contributed by atoms with Crippen LogP contribution in [0.25, 0.3) is 0 Å². The standard InChI is InChI=1S/C12H21NO/c1-5-7-12(8-6-9-14-4)10-13-11(2)3/h6-8,10-11H,5,9H2,1-4H3/b8-6-,12-7+,13-10?. The highest BCUT2D eigenvalue weighted by atomic mass is 16.5. The average molecular weight is 195 g/mol. The third-order valence-electron chi connectivity index (χ3n) is 1.53. The Kier molecular flexibility index (Phi) is 8.14. The number of allylic oxidation sites excluding steroid dienone is 3. The average Bonchev–Trinajstić information content (AvgIpc) is 2.14. The fourth-order valence-corrected chi connectivity index (χ4v) is 0.915. The molecule has 2 nitrogen and oxygen atoms in total. The summed E-state index contributed by atoms with van der Waals surface area (Å²) in [5.41, 5.74) is 1.15. The second-order valence-electron chi connectivity index (χ2n) is 3.34. The molecule has 0 aliphatic heterocycles. The minimum atomic E-state index is 0.353. The van der Waals surface area contributed by atoms with Gasteiger partial charge in [0.05, 0.1) is 6.61 Å². The fraction of sp³-hybridized carbons (Fsp3) is 0.583. The summed E-state index contributed by atoms with van der Waals surface area (Å²) in [4.78, 5) is 4.34. The summed E-state index contributed by atoms with van der Waals surface area (Å²) in [5.74, 6) is 0. The lowest BCUT2D eigenvalue weighted by Gasteiger charge is -1.96. The molecule has 0 rings (SSSR count). The van der Waals surface area contributed by atoms with Crippen molar-refractivity contribution in [3.63, 3.8) is 0 Å². The van der Waals surface area contributed by atoms with Crippen LogP contribution in [0.4, 0.5) is 0 Å². The second kappa shape index (κ2) is 8.70. The van der Waals surface area contributed by atoms with Crippen LogP contribution in [0, 0.1) is 0 Å². The van der Waals surface area contributed by atoms with Crippen LogP contribution in [0.5, 0.6) is 0 Å². The minimum Gasteiger partial charge on any atom is -0.381 e. The van der Waals surface area contributed by atoms with Gasteiger partial charge >= 0.3 is 0 Å². The highest BCUT2D eigenvalue weighted by molar-refractivity contribution is 5.82. The molecule has 0 fully saturated rings. The van der Waals surface area contributed by atoms with E-state index in [0.29, 0.717) is 12.6 Å². The van der Waals surface area contributed by atoms with Crippen molar-refractivity contribution >= 4 is 6.21 Å². The van der Waals surface area contributed by atoms with E-state index in [9.17, 15) is 0 Å². The Labute approximate surface area is 87.4 Å². The molecule has 0 heterocycles. The van der Waals surface area contributed by atoms with Crippen molar-refractivity contribution < 1.29 is 4.74 Å². The molecular weight excluding hydrogens is 174 g/mol. The van der Waals surface area contributed by atoms with E-state index in [1.165, 1.54) is 0 Å². The Morgan fingerprint density at radius 2 is 2.14 bits per heavy atom. The van der Waals surface area contributed by atoms with Gasteiger partial charge in [0.1, 0.15) is 0 Å². The number of ether oxygens (including phenoxy) is 1. The molecular formula is C12H21NO. The molecule has 0 saturated heterocycles. The number of hydrogen-bond donors (Lipinski definition) is 0. The van der Waals surface area contributed by atoms with E-state index in [4.69, 9.17) is 4.74 Å². The summed E-state index contributed by atoms with van der Waals surface area (Å²) in [6.07, 6.45) is 9.13. The minimum absolute atomic E-state index is 0.353. The molecule has 0 aliphatic rings. The Bertz CT molecular complexity index is 214. The quantitative estimate of drug-likeness (QED) is 0.471. The summed E-state index contributed by atoms with van der Waals surface area (Å²) in [6, 6.07) is 0.353. The number of aliphatic imine (C=N–C) groups is 1. The van der Waals surface area contributed by atoms with E-state index in [2.05, 4.69) is 31.8 Å². The largest absolute Gasteiger partial charge is 0.381 e. The summed E-state index contributed by atoms with van der Waals surface area (Å²) in [7, 11) is 1.69. The lowest BCUT2D eigenvalue weighted by atomic mass is 10.2. The van der Waals surface area contributed by atoms with Crippen LogP contribution in [-0.2, 0) is 4.74 Å². The zero-order valence-electron chi connectivity index (χ0n) is 9.66. The molecule has 0 aromatic carbocycles. The molecule has 0 aliphatic carbocycles. The second-order valence-corrected chi connectivity index (χ2v) is 3.34. The van der Waals surface area contributed by atoms with Gasteiger partial charge in [0.2, 0.25) is 0 Å². The van der Waals surface area contributed by atoms with Crippen molar-refractivity contribution in [1.29, 1.82) is 0 Å². The zero-order valence-corrected chi connectivity index (χ0v) is 9.66. The van der Waals surface area contributed by atoms with Crippen LogP contribution in [0.2, 0.25) is 0 Å². The lowest BCUT2D eigenvalue weighted by molar-refractivity contribution is 0.234. The van der Waals surface area contributed by atoms with Gasteiger partial charge in [-0.05, 0) is 25.8 Å². The van der Waals surface area contributed by atoms with Crippen molar-refractivity contribution in [1.82, 2.24) is 0 Å². The molecule has 0 saturated carbocycles. The molecule has 2 heteroatoms. The Hall–Kier alpha value is -0.890. The highest BCUT2D eigenvalue weighted by Crippen LogP contribution is 1.98. The van der Waals surface area contributed by atoms with Crippen molar-refractivity contribution in [2.24, 2.45) is 4.99 Å². The number of hydrogen-bond acceptors (Lipinski definition) is 2. The molecule has 0 spiro atoms. The molecule has 80 valence electrons. The van der Waals surface area contributed by atoms with Gasteiger partial charge in [-0.1, -0.05) is 25.2 Å². The third kappa shape index (κ3) is 7.74.